The standard InChI is InChI=1S/C14H22N2OS/c15-14(6-2-1-3-7-14)10-13(17)16-8-4-12-5-9-18-11-12/h5,9,11H,1-4,6-8,10,15H2,(H,16,17). The van der Waals surface area contributed by atoms with Crippen LogP contribution in [-0.4, -0.2) is 18.0 Å². The molecule has 0 unspecified atom stereocenters. The molecule has 100 valence electrons. The molecule has 2 rings (SSSR count). The number of thiophene rings is 1. The zero-order valence-electron chi connectivity index (χ0n) is 10.8. The molecule has 1 aliphatic rings. The van der Waals surface area contributed by atoms with Gasteiger partial charge in [-0.15, -0.1) is 0 Å². The first-order chi connectivity index (χ1) is 8.68. The van der Waals surface area contributed by atoms with E-state index in [4.69, 9.17) is 5.73 Å². The van der Waals surface area contributed by atoms with E-state index in [1.807, 2.05) is 0 Å². The Morgan fingerprint density at radius 3 is 2.83 bits per heavy atom. The van der Waals surface area contributed by atoms with E-state index in [0.29, 0.717) is 13.0 Å². The summed E-state index contributed by atoms with van der Waals surface area (Å²) in [7, 11) is 0. The number of carbonyl (C=O) groups is 1. The number of nitrogens with two attached hydrogens (primary N) is 1. The smallest absolute Gasteiger partial charge is 0.221 e. The van der Waals surface area contributed by atoms with E-state index in [-0.39, 0.29) is 11.4 Å². The lowest BCUT2D eigenvalue weighted by molar-refractivity contribution is -0.122. The fraction of sp³-hybridized carbons (Fsp3) is 0.643. The van der Waals surface area contributed by atoms with Crippen molar-refractivity contribution in [2.45, 2.75) is 50.5 Å². The summed E-state index contributed by atoms with van der Waals surface area (Å²) in [5, 5.41) is 7.17. The van der Waals surface area contributed by atoms with E-state index in [1.54, 1.807) is 11.3 Å². The number of amides is 1. The molecule has 0 spiro atoms. The van der Waals surface area contributed by atoms with Gasteiger partial charge in [0.25, 0.3) is 0 Å². The molecule has 0 bridgehead atoms. The molecule has 1 aromatic rings. The molecule has 1 heterocycles. The Balaban J connectivity index is 1.68. The summed E-state index contributed by atoms with van der Waals surface area (Å²) in [6, 6.07) is 2.10. The van der Waals surface area contributed by atoms with Crippen molar-refractivity contribution >= 4 is 17.2 Å². The van der Waals surface area contributed by atoms with Crippen molar-refractivity contribution in [3.63, 3.8) is 0 Å². The van der Waals surface area contributed by atoms with Crippen LogP contribution in [-0.2, 0) is 11.2 Å². The first kappa shape index (κ1) is 13.6. The maximum absolute atomic E-state index is 11.9. The van der Waals surface area contributed by atoms with E-state index in [0.717, 1.165) is 19.3 Å². The van der Waals surface area contributed by atoms with Crippen LogP contribution in [0.15, 0.2) is 16.8 Å². The van der Waals surface area contributed by atoms with Gasteiger partial charge in [-0.25, -0.2) is 0 Å². The highest BCUT2D eigenvalue weighted by Crippen LogP contribution is 2.28. The zero-order chi connectivity index (χ0) is 12.8. The summed E-state index contributed by atoms with van der Waals surface area (Å²) in [6.07, 6.45) is 6.97. The summed E-state index contributed by atoms with van der Waals surface area (Å²) in [5.74, 6) is 0.106. The molecule has 3 N–H and O–H groups in total. The fourth-order valence-electron chi connectivity index (χ4n) is 2.60. The minimum atomic E-state index is -0.245. The van der Waals surface area contributed by atoms with E-state index in [9.17, 15) is 4.79 Å². The van der Waals surface area contributed by atoms with Gasteiger partial charge in [0.1, 0.15) is 0 Å². The van der Waals surface area contributed by atoms with E-state index in [1.165, 1.54) is 24.8 Å². The minimum absolute atomic E-state index is 0.106. The second-order valence-corrected chi connectivity index (χ2v) is 6.11. The van der Waals surface area contributed by atoms with Crippen LogP contribution >= 0.6 is 11.3 Å². The normalized spacial score (nSPS) is 18.5. The Labute approximate surface area is 113 Å². The minimum Gasteiger partial charge on any atom is -0.356 e. The van der Waals surface area contributed by atoms with Gasteiger partial charge in [0, 0.05) is 18.5 Å². The summed E-state index contributed by atoms with van der Waals surface area (Å²) >= 11 is 1.69. The Morgan fingerprint density at radius 1 is 1.39 bits per heavy atom. The van der Waals surface area contributed by atoms with Crippen LogP contribution in [0.5, 0.6) is 0 Å². The van der Waals surface area contributed by atoms with Crippen LogP contribution in [0.1, 0.15) is 44.1 Å². The molecule has 0 atom stereocenters. The van der Waals surface area contributed by atoms with E-state index in [2.05, 4.69) is 22.1 Å². The number of hydrogen-bond acceptors (Lipinski definition) is 3. The summed E-state index contributed by atoms with van der Waals surface area (Å²) in [4.78, 5) is 11.9. The number of rotatable bonds is 5. The van der Waals surface area contributed by atoms with Crippen LogP contribution in [0.2, 0.25) is 0 Å². The molecular formula is C14H22N2OS. The Kier molecular flexibility index (Phi) is 4.78. The van der Waals surface area contributed by atoms with Crippen LogP contribution in [0.4, 0.5) is 0 Å². The van der Waals surface area contributed by atoms with Crippen LogP contribution in [0, 0.1) is 0 Å². The lowest BCUT2D eigenvalue weighted by Gasteiger charge is -2.32. The quantitative estimate of drug-likeness (QED) is 0.860. The Morgan fingerprint density at radius 2 is 2.17 bits per heavy atom. The molecule has 3 nitrogen and oxygen atoms in total. The first-order valence-corrected chi connectivity index (χ1v) is 7.69. The Hall–Kier alpha value is -0.870. The summed E-state index contributed by atoms with van der Waals surface area (Å²) in [6.45, 7) is 0.714. The maximum Gasteiger partial charge on any atom is 0.221 e. The predicted molar refractivity (Wildman–Crippen MR) is 75.7 cm³/mol. The largest absolute Gasteiger partial charge is 0.356 e. The zero-order valence-corrected chi connectivity index (χ0v) is 11.6. The van der Waals surface area contributed by atoms with Crippen molar-refractivity contribution in [3.05, 3.63) is 22.4 Å². The monoisotopic (exact) mass is 266 g/mol. The van der Waals surface area contributed by atoms with Crippen LogP contribution < -0.4 is 11.1 Å². The van der Waals surface area contributed by atoms with Gasteiger partial charge in [-0.05, 0) is 41.7 Å². The van der Waals surface area contributed by atoms with E-state index < -0.39 is 0 Å². The van der Waals surface area contributed by atoms with Crippen LogP contribution in [0.3, 0.4) is 0 Å². The van der Waals surface area contributed by atoms with Crippen LogP contribution in [0.25, 0.3) is 0 Å². The number of nitrogens with one attached hydrogen (secondary N) is 1. The molecule has 18 heavy (non-hydrogen) atoms. The second kappa shape index (κ2) is 6.34. The molecular weight excluding hydrogens is 244 g/mol. The van der Waals surface area contributed by atoms with Gasteiger partial charge in [-0.3, -0.25) is 4.79 Å². The van der Waals surface area contributed by atoms with Crippen molar-refractivity contribution in [2.75, 3.05) is 6.54 Å². The second-order valence-electron chi connectivity index (χ2n) is 5.33. The molecule has 4 heteroatoms. The summed E-state index contributed by atoms with van der Waals surface area (Å²) in [5.41, 5.74) is 7.31. The van der Waals surface area contributed by atoms with Gasteiger partial charge in [-0.1, -0.05) is 19.3 Å². The highest BCUT2D eigenvalue weighted by Gasteiger charge is 2.29. The van der Waals surface area contributed by atoms with Crippen molar-refractivity contribution in [3.8, 4) is 0 Å². The maximum atomic E-state index is 11.9. The van der Waals surface area contributed by atoms with Gasteiger partial charge < -0.3 is 11.1 Å². The van der Waals surface area contributed by atoms with Gasteiger partial charge >= 0.3 is 0 Å². The summed E-state index contributed by atoms with van der Waals surface area (Å²) < 4.78 is 0. The van der Waals surface area contributed by atoms with E-state index >= 15 is 0 Å². The van der Waals surface area contributed by atoms with Crippen molar-refractivity contribution in [1.82, 2.24) is 5.32 Å². The molecule has 1 fully saturated rings. The molecule has 0 radical (unpaired) electrons. The van der Waals surface area contributed by atoms with Gasteiger partial charge in [-0.2, -0.15) is 11.3 Å². The average molecular weight is 266 g/mol. The van der Waals surface area contributed by atoms with Gasteiger partial charge in [0.15, 0.2) is 0 Å². The molecule has 1 amide bonds. The fourth-order valence-corrected chi connectivity index (χ4v) is 3.30. The third kappa shape index (κ3) is 4.10. The molecule has 0 aliphatic heterocycles. The predicted octanol–water partition coefficient (Wildman–Crippen LogP) is 2.46. The highest BCUT2D eigenvalue weighted by atomic mass is 32.1. The number of hydrogen-bond donors (Lipinski definition) is 2. The third-order valence-corrected chi connectivity index (χ3v) is 4.41. The SMILES string of the molecule is NC1(CC(=O)NCCc2ccsc2)CCCCC1. The molecule has 1 aromatic heterocycles. The lowest BCUT2D eigenvalue weighted by atomic mass is 9.80. The molecule has 1 aliphatic carbocycles. The van der Waals surface area contributed by atoms with Crippen molar-refractivity contribution < 1.29 is 4.79 Å². The topological polar surface area (TPSA) is 55.1 Å². The van der Waals surface area contributed by atoms with Crippen molar-refractivity contribution in [1.29, 1.82) is 0 Å². The molecule has 0 aromatic carbocycles. The third-order valence-electron chi connectivity index (χ3n) is 3.68. The lowest BCUT2D eigenvalue weighted by Crippen LogP contribution is -2.46. The highest BCUT2D eigenvalue weighted by molar-refractivity contribution is 7.07. The average Bonchev–Trinajstić information content (AvgIpc) is 2.82. The number of carbonyl (C=O) groups excluding carboxylic acids is 1. The molecule has 0 saturated heterocycles. The molecule has 1 saturated carbocycles. The first-order valence-electron chi connectivity index (χ1n) is 6.75. The van der Waals surface area contributed by atoms with Gasteiger partial charge in [0.2, 0.25) is 5.91 Å². The Bertz CT molecular complexity index is 369. The van der Waals surface area contributed by atoms with Gasteiger partial charge in [0.05, 0.1) is 0 Å². The van der Waals surface area contributed by atoms with Crippen molar-refractivity contribution in [2.24, 2.45) is 5.73 Å².